The maximum atomic E-state index is 15.1. The van der Waals surface area contributed by atoms with E-state index in [2.05, 4.69) is 15.9 Å². The topological polar surface area (TPSA) is 27.7 Å². The first-order chi connectivity index (χ1) is 13.5. The molecule has 0 spiro atoms. The zero-order valence-electron chi connectivity index (χ0n) is 15.6. The third-order valence-corrected chi connectivity index (χ3v) is 8.61. The van der Waals surface area contributed by atoms with Gasteiger partial charge in [0, 0.05) is 6.42 Å². The fourth-order valence-electron chi connectivity index (χ4n) is 2.62. The normalized spacial score (nSPS) is 19.7. The molecule has 1 aliphatic rings. The van der Waals surface area contributed by atoms with Crippen LogP contribution in [-0.2, 0) is 9.05 Å². The molecule has 1 aromatic carbocycles. The highest BCUT2D eigenvalue weighted by Crippen LogP contribution is 2.66. The van der Waals surface area contributed by atoms with E-state index >= 15 is 8.78 Å². The van der Waals surface area contributed by atoms with E-state index in [1.807, 2.05) is 0 Å². The minimum atomic E-state index is -4.35. The predicted octanol–water partition coefficient (Wildman–Crippen LogP) is 7.44. The Bertz CT molecular complexity index is 688. The molecular weight excluding hydrogens is 509 g/mol. The average molecular weight is 529 g/mol. The highest BCUT2D eigenvalue weighted by molar-refractivity contribution is 9.09. The first-order valence-corrected chi connectivity index (χ1v) is 11.8. The Morgan fingerprint density at radius 2 is 1.72 bits per heavy atom. The van der Waals surface area contributed by atoms with Gasteiger partial charge in [-0.05, 0) is 31.9 Å². The summed E-state index contributed by atoms with van der Waals surface area (Å²) in [6.45, 7) is 2.86. The van der Waals surface area contributed by atoms with Crippen LogP contribution in [0.1, 0.15) is 37.1 Å². The van der Waals surface area contributed by atoms with Crippen LogP contribution in [0.4, 0.5) is 26.3 Å². The quantitative estimate of drug-likeness (QED) is 0.136. The van der Waals surface area contributed by atoms with Gasteiger partial charge in [0.2, 0.25) is 8.38 Å². The highest BCUT2D eigenvalue weighted by atomic mass is 79.9. The Hall–Kier alpha value is -0.220. The lowest BCUT2D eigenvalue weighted by Crippen LogP contribution is -2.31. The van der Waals surface area contributed by atoms with Crippen LogP contribution in [0.25, 0.3) is 0 Å². The summed E-state index contributed by atoms with van der Waals surface area (Å²) in [5.41, 5.74) is -2.99. The summed E-state index contributed by atoms with van der Waals surface area (Å²) < 4.78 is 96.8. The van der Waals surface area contributed by atoms with Gasteiger partial charge in [-0.2, -0.15) is 22.0 Å². The summed E-state index contributed by atoms with van der Waals surface area (Å²) in [7, 11) is -2.53. The van der Waals surface area contributed by atoms with E-state index in [9.17, 15) is 17.6 Å². The fourth-order valence-corrected chi connectivity index (χ4v) is 6.93. The molecule has 2 rings (SSSR count). The molecule has 0 amide bonds. The molecule has 3 nitrogen and oxygen atoms in total. The standard InChI is InChI=1S/C17H20BrF6O3PS/c1-3-26-28(27-4-2)17(23,24)15-12(18)10-6-7-11(19)13(14(10)29-15)25-9-5-8-16(20,21)22/h6-7,12,15H,3-5,8-9H2,1-2H3. The lowest BCUT2D eigenvalue weighted by Gasteiger charge is -2.30. The van der Waals surface area contributed by atoms with Crippen LogP contribution in [-0.4, -0.2) is 36.9 Å². The molecule has 0 N–H and O–H groups in total. The van der Waals surface area contributed by atoms with E-state index < -0.39 is 42.5 Å². The molecule has 0 bridgehead atoms. The number of benzene rings is 1. The minimum absolute atomic E-state index is 0.0424. The summed E-state index contributed by atoms with van der Waals surface area (Å²) in [4.78, 5) is -0.701. The van der Waals surface area contributed by atoms with E-state index in [-0.39, 0.29) is 36.9 Å². The molecule has 0 saturated heterocycles. The Balaban J connectivity index is 2.21. The van der Waals surface area contributed by atoms with Gasteiger partial charge < -0.3 is 13.8 Å². The summed E-state index contributed by atoms with van der Waals surface area (Å²) >= 11 is 3.96. The van der Waals surface area contributed by atoms with Gasteiger partial charge in [0.15, 0.2) is 11.6 Å². The number of thioether (sulfide) groups is 1. The second-order valence-electron chi connectivity index (χ2n) is 5.98. The predicted molar refractivity (Wildman–Crippen MR) is 104 cm³/mol. The zero-order chi connectivity index (χ0) is 21.8. The third kappa shape index (κ3) is 6.15. The second kappa shape index (κ2) is 10.4. The summed E-state index contributed by atoms with van der Waals surface area (Å²) in [6.07, 6.45) is -5.79. The van der Waals surface area contributed by atoms with Crippen LogP contribution < -0.4 is 4.74 Å². The Morgan fingerprint density at radius 3 is 2.28 bits per heavy atom. The average Bonchev–Trinajstić information content (AvgIpc) is 2.96. The zero-order valence-corrected chi connectivity index (χ0v) is 18.9. The molecule has 0 saturated carbocycles. The number of hydrogen-bond acceptors (Lipinski definition) is 4. The van der Waals surface area contributed by atoms with Crippen LogP contribution >= 0.6 is 36.1 Å². The van der Waals surface area contributed by atoms with E-state index in [4.69, 9.17) is 13.8 Å². The van der Waals surface area contributed by atoms with Gasteiger partial charge in [-0.15, -0.1) is 11.8 Å². The molecule has 1 heterocycles. The van der Waals surface area contributed by atoms with Crippen molar-refractivity contribution in [3.63, 3.8) is 0 Å². The van der Waals surface area contributed by atoms with E-state index in [0.29, 0.717) is 17.3 Å². The molecule has 0 aromatic heterocycles. The van der Waals surface area contributed by atoms with Crippen molar-refractivity contribution in [2.75, 3.05) is 19.8 Å². The molecule has 2 unspecified atom stereocenters. The van der Waals surface area contributed by atoms with Crippen LogP contribution in [0.2, 0.25) is 0 Å². The van der Waals surface area contributed by atoms with Gasteiger partial charge >= 0.3 is 11.8 Å². The number of rotatable bonds is 10. The van der Waals surface area contributed by atoms with Crippen molar-refractivity contribution < 1.29 is 40.1 Å². The smallest absolute Gasteiger partial charge is 0.389 e. The van der Waals surface area contributed by atoms with Crippen molar-refractivity contribution in [2.24, 2.45) is 0 Å². The third-order valence-electron chi connectivity index (χ3n) is 3.83. The lowest BCUT2D eigenvalue weighted by molar-refractivity contribution is -0.136. The van der Waals surface area contributed by atoms with Gasteiger partial charge in [0.05, 0.1) is 34.8 Å². The summed E-state index contributed by atoms with van der Waals surface area (Å²) in [6, 6.07) is 2.42. The molecule has 1 aliphatic heterocycles. The monoisotopic (exact) mass is 528 g/mol. The number of fused-ring (bicyclic) bond motifs is 1. The highest BCUT2D eigenvalue weighted by Gasteiger charge is 2.56. The van der Waals surface area contributed by atoms with Crippen molar-refractivity contribution in [3.8, 4) is 5.75 Å². The first-order valence-electron chi connectivity index (χ1n) is 8.79. The van der Waals surface area contributed by atoms with Crippen molar-refractivity contribution in [1.82, 2.24) is 0 Å². The number of alkyl halides is 6. The van der Waals surface area contributed by atoms with Crippen LogP contribution in [0.15, 0.2) is 17.0 Å². The molecule has 2 atom stereocenters. The van der Waals surface area contributed by atoms with Gasteiger partial charge in [-0.25, -0.2) is 4.39 Å². The number of ether oxygens (including phenoxy) is 1. The molecule has 29 heavy (non-hydrogen) atoms. The SMILES string of the molecule is CCOP(OCC)C(F)(F)C1Sc2c(ccc(F)c2OCCCC(F)(F)F)C1Br. The minimum Gasteiger partial charge on any atom is -0.489 e. The molecule has 166 valence electrons. The van der Waals surface area contributed by atoms with Gasteiger partial charge in [-0.3, -0.25) is 0 Å². The molecular formula is C17H20BrF6O3PS. The van der Waals surface area contributed by atoms with Gasteiger partial charge in [0.25, 0.3) is 0 Å². The molecule has 0 aliphatic carbocycles. The maximum Gasteiger partial charge on any atom is 0.389 e. The lowest BCUT2D eigenvalue weighted by atomic mass is 10.1. The molecule has 0 fully saturated rings. The van der Waals surface area contributed by atoms with Crippen molar-refractivity contribution in [1.29, 1.82) is 0 Å². The van der Waals surface area contributed by atoms with E-state index in [0.717, 1.165) is 6.07 Å². The fraction of sp³-hybridized carbons (Fsp3) is 0.647. The van der Waals surface area contributed by atoms with Crippen molar-refractivity contribution in [3.05, 3.63) is 23.5 Å². The van der Waals surface area contributed by atoms with Crippen LogP contribution in [0.5, 0.6) is 5.75 Å². The summed E-state index contributed by atoms with van der Waals surface area (Å²) in [5, 5.41) is -1.36. The number of hydrogen-bond donors (Lipinski definition) is 0. The molecule has 1 aromatic rings. The first kappa shape index (κ1) is 25.0. The largest absolute Gasteiger partial charge is 0.489 e. The van der Waals surface area contributed by atoms with Gasteiger partial charge in [0.1, 0.15) is 0 Å². The molecule has 12 heteroatoms. The van der Waals surface area contributed by atoms with E-state index in [1.54, 1.807) is 13.8 Å². The van der Waals surface area contributed by atoms with Crippen LogP contribution in [0, 0.1) is 5.82 Å². The Kier molecular flexibility index (Phi) is 8.98. The summed E-state index contributed by atoms with van der Waals surface area (Å²) in [5.74, 6) is -1.13. The van der Waals surface area contributed by atoms with Gasteiger partial charge in [-0.1, -0.05) is 22.0 Å². The Morgan fingerprint density at radius 1 is 1.10 bits per heavy atom. The van der Waals surface area contributed by atoms with Crippen molar-refractivity contribution >= 4 is 36.1 Å². The van der Waals surface area contributed by atoms with E-state index in [1.165, 1.54) is 6.07 Å². The number of halogens is 7. The second-order valence-corrected chi connectivity index (χ2v) is 9.75. The molecule has 0 radical (unpaired) electrons. The Labute approximate surface area is 178 Å². The maximum absolute atomic E-state index is 15.1. The van der Waals surface area contributed by atoms with Crippen molar-refractivity contribution in [2.45, 2.75) is 53.5 Å². The van der Waals surface area contributed by atoms with Crippen LogP contribution in [0.3, 0.4) is 0 Å².